The summed E-state index contributed by atoms with van der Waals surface area (Å²) in [7, 11) is 0. The molecule has 0 spiro atoms. The summed E-state index contributed by atoms with van der Waals surface area (Å²) < 4.78 is 13.1. The van der Waals surface area contributed by atoms with E-state index < -0.39 is 5.54 Å². The van der Waals surface area contributed by atoms with Gasteiger partial charge in [0.25, 0.3) is 0 Å². The first kappa shape index (κ1) is 12.2. The molecule has 0 fully saturated rings. The Morgan fingerprint density at radius 1 is 1.47 bits per heavy atom. The van der Waals surface area contributed by atoms with Gasteiger partial charge in [-0.2, -0.15) is 0 Å². The smallest absolute Gasteiger partial charge is 0.123 e. The largest absolute Gasteiger partial charge is 0.319 e. The first-order valence-electron chi connectivity index (χ1n) is 5.43. The lowest BCUT2D eigenvalue weighted by Gasteiger charge is -2.22. The summed E-state index contributed by atoms with van der Waals surface area (Å²) in [5.41, 5.74) is 7.57. The van der Waals surface area contributed by atoms with E-state index in [4.69, 9.17) is 5.73 Å². The molecule has 1 atom stereocenters. The molecule has 2 nitrogen and oxygen atoms in total. The van der Waals surface area contributed by atoms with Crippen molar-refractivity contribution in [3.63, 3.8) is 0 Å². The Labute approximate surface area is 104 Å². The fourth-order valence-electron chi connectivity index (χ4n) is 1.76. The van der Waals surface area contributed by atoms with E-state index in [1.165, 1.54) is 12.1 Å². The molecular weight excluding hydrogens is 235 g/mol. The Bertz CT molecular complexity index is 520. The van der Waals surface area contributed by atoms with Gasteiger partial charge < -0.3 is 5.73 Å². The number of benzene rings is 1. The molecule has 0 aliphatic carbocycles. The Morgan fingerprint density at radius 2 is 2.24 bits per heavy atom. The highest BCUT2D eigenvalue weighted by atomic mass is 32.1. The molecule has 2 N–H and O–H groups in total. The molecule has 0 saturated heterocycles. The molecule has 2 rings (SSSR count). The molecule has 1 unspecified atom stereocenters. The van der Waals surface area contributed by atoms with Gasteiger partial charge in [-0.05, 0) is 38.0 Å². The Kier molecular flexibility index (Phi) is 3.26. The lowest BCUT2D eigenvalue weighted by Crippen LogP contribution is -2.35. The predicted octanol–water partition coefficient (Wildman–Crippen LogP) is 3.01. The number of rotatable bonds is 3. The zero-order valence-electron chi connectivity index (χ0n) is 9.90. The number of thiazole rings is 1. The van der Waals surface area contributed by atoms with E-state index in [1.807, 2.05) is 25.3 Å². The van der Waals surface area contributed by atoms with E-state index in [-0.39, 0.29) is 5.82 Å². The average Bonchev–Trinajstić information content (AvgIpc) is 2.65. The quantitative estimate of drug-likeness (QED) is 0.909. The van der Waals surface area contributed by atoms with Crippen LogP contribution in [0.5, 0.6) is 0 Å². The van der Waals surface area contributed by atoms with Crippen molar-refractivity contribution in [1.82, 2.24) is 4.98 Å². The number of aromatic nitrogens is 1. The van der Waals surface area contributed by atoms with Crippen LogP contribution in [0.3, 0.4) is 0 Å². The van der Waals surface area contributed by atoms with Crippen molar-refractivity contribution in [2.45, 2.75) is 25.8 Å². The standard InChI is InChI=1S/C13H15FN2S/c1-9-8-17-12(16-9)13(2,15)7-10-4-3-5-11(14)6-10/h3-6,8H,7,15H2,1-2H3. The normalized spacial score (nSPS) is 14.6. The summed E-state index contributed by atoms with van der Waals surface area (Å²) in [6, 6.07) is 6.54. The van der Waals surface area contributed by atoms with E-state index in [0.717, 1.165) is 16.3 Å². The van der Waals surface area contributed by atoms with Gasteiger partial charge in [0, 0.05) is 11.1 Å². The minimum atomic E-state index is -0.549. The third-order valence-corrected chi connectivity index (χ3v) is 3.81. The number of hydrogen-bond donors (Lipinski definition) is 1. The molecule has 0 aliphatic heterocycles. The molecule has 2 aromatic rings. The lowest BCUT2D eigenvalue weighted by atomic mass is 9.94. The number of aryl methyl sites for hydroxylation is 1. The van der Waals surface area contributed by atoms with Gasteiger partial charge in [0.05, 0.1) is 5.54 Å². The maximum absolute atomic E-state index is 13.1. The molecule has 90 valence electrons. The topological polar surface area (TPSA) is 38.9 Å². The van der Waals surface area contributed by atoms with Gasteiger partial charge in [0.15, 0.2) is 0 Å². The highest BCUT2D eigenvalue weighted by Crippen LogP contribution is 2.25. The van der Waals surface area contributed by atoms with Crippen molar-refractivity contribution in [2.24, 2.45) is 5.73 Å². The highest BCUT2D eigenvalue weighted by molar-refractivity contribution is 7.09. The first-order valence-corrected chi connectivity index (χ1v) is 6.31. The van der Waals surface area contributed by atoms with Gasteiger partial charge in [-0.15, -0.1) is 11.3 Å². The van der Waals surface area contributed by atoms with Gasteiger partial charge in [-0.1, -0.05) is 12.1 Å². The Hall–Kier alpha value is -1.26. The van der Waals surface area contributed by atoms with E-state index in [1.54, 1.807) is 17.4 Å². The lowest BCUT2D eigenvalue weighted by molar-refractivity contribution is 0.486. The molecule has 17 heavy (non-hydrogen) atoms. The van der Waals surface area contributed by atoms with E-state index in [0.29, 0.717) is 6.42 Å². The van der Waals surface area contributed by atoms with Gasteiger partial charge in [0.1, 0.15) is 10.8 Å². The summed E-state index contributed by atoms with van der Waals surface area (Å²) in [4.78, 5) is 4.40. The maximum Gasteiger partial charge on any atom is 0.123 e. The summed E-state index contributed by atoms with van der Waals surface area (Å²) in [6.07, 6.45) is 0.581. The van der Waals surface area contributed by atoms with Gasteiger partial charge in [-0.3, -0.25) is 0 Å². The van der Waals surface area contributed by atoms with Crippen LogP contribution in [0.4, 0.5) is 4.39 Å². The van der Waals surface area contributed by atoms with Crippen LogP contribution in [0, 0.1) is 12.7 Å². The number of nitrogens with zero attached hydrogens (tertiary/aromatic N) is 1. The Morgan fingerprint density at radius 3 is 2.82 bits per heavy atom. The van der Waals surface area contributed by atoms with Crippen LogP contribution in [0.1, 0.15) is 23.2 Å². The molecule has 0 radical (unpaired) electrons. The molecule has 1 aromatic heterocycles. The second kappa shape index (κ2) is 4.55. The Balaban J connectivity index is 2.22. The summed E-state index contributed by atoms with van der Waals surface area (Å²) in [5, 5.41) is 2.87. The van der Waals surface area contributed by atoms with Crippen molar-refractivity contribution < 1.29 is 4.39 Å². The van der Waals surface area contributed by atoms with Crippen LogP contribution in [-0.4, -0.2) is 4.98 Å². The maximum atomic E-state index is 13.1. The summed E-state index contributed by atoms with van der Waals surface area (Å²) in [5.74, 6) is -0.228. The molecule has 0 saturated carbocycles. The van der Waals surface area contributed by atoms with Gasteiger partial charge in [-0.25, -0.2) is 9.37 Å². The average molecular weight is 250 g/mol. The van der Waals surface area contributed by atoms with Crippen molar-refractivity contribution in [1.29, 1.82) is 0 Å². The fraction of sp³-hybridized carbons (Fsp3) is 0.308. The number of hydrogen-bond acceptors (Lipinski definition) is 3. The van der Waals surface area contributed by atoms with Crippen LogP contribution < -0.4 is 5.73 Å². The predicted molar refractivity (Wildman–Crippen MR) is 68.5 cm³/mol. The van der Waals surface area contributed by atoms with E-state index in [9.17, 15) is 4.39 Å². The minimum absolute atomic E-state index is 0.228. The molecule has 1 aromatic carbocycles. The molecule has 4 heteroatoms. The minimum Gasteiger partial charge on any atom is -0.319 e. The van der Waals surface area contributed by atoms with Crippen molar-refractivity contribution >= 4 is 11.3 Å². The van der Waals surface area contributed by atoms with Crippen molar-refractivity contribution in [3.8, 4) is 0 Å². The second-order valence-corrected chi connectivity index (χ2v) is 5.38. The first-order chi connectivity index (χ1) is 7.97. The fourth-order valence-corrected chi connectivity index (χ4v) is 2.64. The monoisotopic (exact) mass is 250 g/mol. The van der Waals surface area contributed by atoms with Crippen molar-refractivity contribution in [3.05, 3.63) is 51.7 Å². The summed E-state index contributed by atoms with van der Waals surface area (Å²) in [6.45, 7) is 3.87. The molecule has 1 heterocycles. The van der Waals surface area contributed by atoms with E-state index in [2.05, 4.69) is 4.98 Å². The number of nitrogens with two attached hydrogens (primary N) is 1. The summed E-state index contributed by atoms with van der Waals surface area (Å²) >= 11 is 1.55. The molecular formula is C13H15FN2S. The molecule has 0 bridgehead atoms. The van der Waals surface area contributed by atoms with Gasteiger partial charge >= 0.3 is 0 Å². The molecule has 0 aliphatic rings. The van der Waals surface area contributed by atoms with Crippen LogP contribution in [0.2, 0.25) is 0 Å². The highest BCUT2D eigenvalue weighted by Gasteiger charge is 2.25. The number of halogens is 1. The van der Waals surface area contributed by atoms with Crippen LogP contribution in [0.15, 0.2) is 29.6 Å². The van der Waals surface area contributed by atoms with Gasteiger partial charge in [0.2, 0.25) is 0 Å². The third-order valence-electron chi connectivity index (χ3n) is 2.57. The third kappa shape index (κ3) is 2.90. The van der Waals surface area contributed by atoms with Crippen LogP contribution >= 0.6 is 11.3 Å². The van der Waals surface area contributed by atoms with Crippen molar-refractivity contribution in [2.75, 3.05) is 0 Å². The molecule has 0 amide bonds. The van der Waals surface area contributed by atoms with Crippen LogP contribution in [0.25, 0.3) is 0 Å². The van der Waals surface area contributed by atoms with Crippen LogP contribution in [-0.2, 0) is 12.0 Å². The van der Waals surface area contributed by atoms with E-state index >= 15 is 0 Å². The zero-order chi connectivity index (χ0) is 12.5. The zero-order valence-corrected chi connectivity index (χ0v) is 10.7. The second-order valence-electron chi connectivity index (χ2n) is 4.52. The SMILES string of the molecule is Cc1csc(C(C)(N)Cc2cccc(F)c2)n1.